The van der Waals surface area contributed by atoms with Crippen molar-refractivity contribution in [2.45, 2.75) is 31.2 Å². The molecular weight excluding hydrogens is 439 g/mol. The van der Waals surface area contributed by atoms with E-state index in [-0.39, 0.29) is 10.8 Å². The number of anilines is 1. The Bertz CT molecular complexity index is 841. The highest BCUT2D eigenvalue weighted by Crippen LogP contribution is 2.18. The molecule has 0 aromatic heterocycles. The van der Waals surface area contributed by atoms with Crippen molar-refractivity contribution in [3.8, 4) is 0 Å². The number of benzene rings is 2. The monoisotopic (exact) mass is 458 g/mol. The van der Waals surface area contributed by atoms with Gasteiger partial charge in [0.25, 0.3) is 5.91 Å². The first kappa shape index (κ1) is 18.9. The molecule has 1 amide bonds. The van der Waals surface area contributed by atoms with Gasteiger partial charge in [-0.25, -0.2) is 13.1 Å². The minimum absolute atomic E-state index is 0.157. The minimum atomic E-state index is -3.59. The van der Waals surface area contributed by atoms with Crippen molar-refractivity contribution in [3.63, 3.8) is 0 Å². The average Bonchev–Trinajstić information content (AvgIpc) is 2.45. The van der Waals surface area contributed by atoms with Crippen molar-refractivity contribution in [3.05, 3.63) is 57.7 Å². The molecule has 0 heterocycles. The first-order valence-electron chi connectivity index (χ1n) is 7.28. The number of carbonyl (C=O) groups excluding carboxylic acids is 1. The lowest BCUT2D eigenvalue weighted by atomic mass is 10.1. The predicted molar refractivity (Wildman–Crippen MR) is 104 cm³/mol. The Morgan fingerprint density at radius 3 is 2.12 bits per heavy atom. The third-order valence-electron chi connectivity index (χ3n) is 2.98. The molecule has 0 saturated carbocycles. The van der Waals surface area contributed by atoms with Gasteiger partial charge in [0.05, 0.1) is 10.5 Å². The molecule has 0 aliphatic heterocycles. The summed E-state index contributed by atoms with van der Waals surface area (Å²) in [5.41, 5.74) is 0.550. The molecule has 2 N–H and O–H groups in total. The number of rotatable bonds is 4. The molecule has 24 heavy (non-hydrogen) atoms. The van der Waals surface area contributed by atoms with Crippen LogP contribution in [0.1, 0.15) is 31.1 Å². The van der Waals surface area contributed by atoms with Crippen LogP contribution in [0.2, 0.25) is 0 Å². The summed E-state index contributed by atoms with van der Waals surface area (Å²) in [5.74, 6) is -0.233. The van der Waals surface area contributed by atoms with Gasteiger partial charge < -0.3 is 5.32 Å². The maximum Gasteiger partial charge on any atom is 0.256 e. The molecule has 0 aliphatic rings. The fraction of sp³-hybridized carbons (Fsp3) is 0.235. The summed E-state index contributed by atoms with van der Waals surface area (Å²) >= 11 is 2.10. The quantitative estimate of drug-likeness (QED) is 0.688. The van der Waals surface area contributed by atoms with Crippen molar-refractivity contribution in [2.75, 3.05) is 5.32 Å². The molecule has 0 aliphatic carbocycles. The number of halogens is 1. The Balaban J connectivity index is 2.16. The van der Waals surface area contributed by atoms with Crippen LogP contribution < -0.4 is 10.0 Å². The van der Waals surface area contributed by atoms with Gasteiger partial charge >= 0.3 is 0 Å². The second kappa shape index (κ2) is 7.20. The molecule has 0 saturated heterocycles. The Labute approximate surface area is 156 Å². The summed E-state index contributed by atoms with van der Waals surface area (Å²) in [7, 11) is -3.59. The zero-order chi connectivity index (χ0) is 18.0. The van der Waals surface area contributed by atoms with E-state index in [1.54, 1.807) is 45.0 Å². The normalized spacial score (nSPS) is 12.0. The van der Waals surface area contributed by atoms with Gasteiger partial charge in [-0.1, -0.05) is 12.1 Å². The molecule has 2 aromatic rings. The van der Waals surface area contributed by atoms with Crippen LogP contribution >= 0.6 is 22.6 Å². The summed E-state index contributed by atoms with van der Waals surface area (Å²) in [6, 6.07) is 13.3. The van der Waals surface area contributed by atoms with E-state index < -0.39 is 15.6 Å². The maximum atomic E-state index is 12.3. The van der Waals surface area contributed by atoms with Crippen molar-refractivity contribution in [1.82, 2.24) is 4.72 Å². The lowest BCUT2D eigenvalue weighted by Gasteiger charge is -2.20. The molecule has 0 unspecified atom stereocenters. The van der Waals surface area contributed by atoms with Gasteiger partial charge in [0, 0.05) is 14.8 Å². The molecule has 0 radical (unpaired) electrons. The average molecular weight is 458 g/mol. The summed E-state index contributed by atoms with van der Waals surface area (Å²) < 4.78 is 27.9. The van der Waals surface area contributed by atoms with Gasteiger partial charge in [0.1, 0.15) is 0 Å². The first-order valence-corrected chi connectivity index (χ1v) is 9.85. The topological polar surface area (TPSA) is 75.3 Å². The van der Waals surface area contributed by atoms with Crippen LogP contribution in [0.15, 0.2) is 53.4 Å². The molecule has 0 atom stereocenters. The van der Waals surface area contributed by atoms with Gasteiger partial charge in [0.2, 0.25) is 10.0 Å². The summed E-state index contributed by atoms with van der Waals surface area (Å²) in [6.45, 7) is 5.34. The van der Waals surface area contributed by atoms with E-state index in [0.717, 1.165) is 3.57 Å². The fourth-order valence-electron chi connectivity index (χ4n) is 2.02. The highest BCUT2D eigenvalue weighted by molar-refractivity contribution is 14.1. The van der Waals surface area contributed by atoms with Crippen molar-refractivity contribution in [2.24, 2.45) is 0 Å². The smallest absolute Gasteiger partial charge is 0.256 e. The van der Waals surface area contributed by atoms with Crippen LogP contribution in [0.25, 0.3) is 0 Å². The lowest BCUT2D eigenvalue weighted by molar-refractivity contribution is 0.102. The Kier molecular flexibility index (Phi) is 5.67. The Hall–Kier alpha value is -1.45. The summed E-state index contributed by atoms with van der Waals surface area (Å²) in [4.78, 5) is 12.4. The molecule has 2 aromatic carbocycles. The van der Waals surface area contributed by atoms with Crippen molar-refractivity contribution in [1.29, 1.82) is 0 Å². The third kappa shape index (κ3) is 5.02. The van der Waals surface area contributed by atoms with Crippen molar-refractivity contribution >= 4 is 44.2 Å². The van der Waals surface area contributed by atoms with Gasteiger partial charge in [0.15, 0.2) is 0 Å². The molecular formula is C17H19IN2O3S. The van der Waals surface area contributed by atoms with E-state index >= 15 is 0 Å². The Morgan fingerprint density at radius 1 is 1.00 bits per heavy atom. The van der Waals surface area contributed by atoms with Crippen LogP contribution in [0.5, 0.6) is 0 Å². The standard InChI is InChI=1S/C17H19IN2O3S/c1-17(2,3)20-24(22,23)13-10-8-12(9-11-13)19-16(21)14-6-4-5-7-15(14)18/h4-11,20H,1-3H3,(H,19,21). The van der Waals surface area contributed by atoms with E-state index in [1.165, 1.54) is 12.1 Å². The summed E-state index contributed by atoms with van der Waals surface area (Å²) in [6.07, 6.45) is 0. The SMILES string of the molecule is CC(C)(C)NS(=O)(=O)c1ccc(NC(=O)c2ccccc2I)cc1. The van der Waals surface area contributed by atoms with Crippen LogP contribution in [0.4, 0.5) is 5.69 Å². The third-order valence-corrected chi connectivity index (χ3v) is 5.70. The number of hydrogen-bond acceptors (Lipinski definition) is 3. The van der Waals surface area contributed by atoms with Gasteiger partial charge in [-0.3, -0.25) is 4.79 Å². The largest absolute Gasteiger partial charge is 0.322 e. The van der Waals surface area contributed by atoms with Crippen LogP contribution in [-0.4, -0.2) is 19.9 Å². The molecule has 0 bridgehead atoms. The van der Waals surface area contributed by atoms with Crippen LogP contribution in [0, 0.1) is 3.57 Å². The number of hydrogen-bond donors (Lipinski definition) is 2. The van der Waals surface area contributed by atoms with Gasteiger partial charge in [-0.2, -0.15) is 0 Å². The molecule has 7 heteroatoms. The number of sulfonamides is 1. The predicted octanol–water partition coefficient (Wildman–Crippen LogP) is 3.62. The van der Waals surface area contributed by atoms with E-state index in [4.69, 9.17) is 0 Å². The minimum Gasteiger partial charge on any atom is -0.322 e. The lowest BCUT2D eigenvalue weighted by Crippen LogP contribution is -2.40. The van der Waals surface area contributed by atoms with E-state index in [9.17, 15) is 13.2 Å². The molecule has 128 valence electrons. The highest BCUT2D eigenvalue weighted by atomic mass is 127. The number of amides is 1. The van der Waals surface area contributed by atoms with Gasteiger partial charge in [-0.05, 0) is 79.8 Å². The fourth-order valence-corrected chi connectivity index (χ4v) is 4.07. The Morgan fingerprint density at radius 2 is 1.58 bits per heavy atom. The van der Waals surface area contributed by atoms with Crippen LogP contribution in [-0.2, 0) is 10.0 Å². The van der Waals surface area contributed by atoms with E-state index in [0.29, 0.717) is 11.3 Å². The highest BCUT2D eigenvalue weighted by Gasteiger charge is 2.21. The van der Waals surface area contributed by atoms with Crippen molar-refractivity contribution < 1.29 is 13.2 Å². The molecule has 0 fully saturated rings. The van der Waals surface area contributed by atoms with E-state index in [2.05, 4.69) is 32.6 Å². The number of carbonyl (C=O) groups is 1. The zero-order valence-electron chi connectivity index (χ0n) is 13.6. The maximum absolute atomic E-state index is 12.3. The van der Waals surface area contributed by atoms with Gasteiger partial charge in [-0.15, -0.1) is 0 Å². The molecule has 0 spiro atoms. The van der Waals surface area contributed by atoms with Crippen LogP contribution in [0.3, 0.4) is 0 Å². The second-order valence-corrected chi connectivity index (χ2v) is 9.16. The van der Waals surface area contributed by atoms with E-state index in [1.807, 2.05) is 12.1 Å². The molecule has 2 rings (SSSR count). The molecule has 5 nitrogen and oxygen atoms in total. The second-order valence-electron chi connectivity index (χ2n) is 6.31. The summed E-state index contributed by atoms with van der Waals surface area (Å²) in [5, 5.41) is 2.77. The zero-order valence-corrected chi connectivity index (χ0v) is 16.6. The number of nitrogens with one attached hydrogen (secondary N) is 2. The first-order chi connectivity index (χ1) is 11.1.